The van der Waals surface area contributed by atoms with Crippen LogP contribution in [-0.2, 0) is 0 Å². The predicted octanol–water partition coefficient (Wildman–Crippen LogP) is 2.61. The Hall–Kier alpha value is -0.110. The first kappa shape index (κ1) is 9.97. The van der Waals surface area contributed by atoms with Gasteiger partial charge in [-0.05, 0) is 33.6 Å². The first-order chi connectivity index (χ1) is 5.47. The smallest absolute Gasteiger partial charge is 0.113 e. The fourth-order valence-corrected chi connectivity index (χ4v) is 2.20. The van der Waals surface area contributed by atoms with Crippen LogP contribution in [0.3, 0.4) is 0 Å². The van der Waals surface area contributed by atoms with Crippen molar-refractivity contribution < 1.29 is 4.39 Å². The van der Waals surface area contributed by atoms with Crippen molar-refractivity contribution in [1.29, 1.82) is 0 Å². The maximum atomic E-state index is 13.1. The van der Waals surface area contributed by atoms with Crippen LogP contribution in [0.25, 0.3) is 0 Å². The van der Waals surface area contributed by atoms with E-state index in [-0.39, 0.29) is 5.54 Å². The molecule has 1 nitrogen and oxygen atoms in total. The van der Waals surface area contributed by atoms with E-state index in [1.807, 2.05) is 6.92 Å². The minimum atomic E-state index is -0.646. The predicted molar refractivity (Wildman–Crippen MR) is 50.1 cm³/mol. The normalized spacial score (nSPS) is 31.2. The summed E-state index contributed by atoms with van der Waals surface area (Å²) in [7, 11) is 0. The highest BCUT2D eigenvalue weighted by atomic mass is 19.1. The van der Waals surface area contributed by atoms with Crippen LogP contribution in [0, 0.1) is 0 Å². The lowest BCUT2D eigenvalue weighted by Gasteiger charge is -2.54. The molecule has 72 valence electrons. The number of nitrogens with zero attached hydrogens (tertiary/aromatic N) is 1. The van der Waals surface area contributed by atoms with E-state index in [1.165, 1.54) is 6.42 Å². The van der Waals surface area contributed by atoms with Crippen molar-refractivity contribution in [3.8, 4) is 0 Å². The number of hydrogen-bond donors (Lipinski definition) is 0. The molecule has 12 heavy (non-hydrogen) atoms. The summed E-state index contributed by atoms with van der Waals surface area (Å²) >= 11 is 0. The Morgan fingerprint density at radius 1 is 1.58 bits per heavy atom. The lowest BCUT2D eigenvalue weighted by molar-refractivity contribution is -0.0551. The Bertz CT molecular complexity index is 156. The van der Waals surface area contributed by atoms with Crippen molar-refractivity contribution in [3.05, 3.63) is 0 Å². The number of hydrogen-bond acceptors (Lipinski definition) is 1. The number of likely N-dealkylation sites (tertiary alicyclic amines) is 1. The van der Waals surface area contributed by atoms with Gasteiger partial charge in [0.2, 0.25) is 0 Å². The Morgan fingerprint density at radius 2 is 2.17 bits per heavy atom. The lowest BCUT2D eigenvalue weighted by Crippen LogP contribution is -2.62. The largest absolute Gasteiger partial charge is 0.293 e. The van der Waals surface area contributed by atoms with Crippen LogP contribution in [0.1, 0.15) is 40.5 Å². The molecule has 1 rings (SSSR count). The second kappa shape index (κ2) is 3.33. The van der Waals surface area contributed by atoms with Gasteiger partial charge in [0, 0.05) is 18.1 Å². The van der Waals surface area contributed by atoms with E-state index in [0.717, 1.165) is 0 Å². The van der Waals surface area contributed by atoms with E-state index in [4.69, 9.17) is 0 Å². The highest BCUT2D eigenvalue weighted by molar-refractivity contribution is 4.98. The van der Waals surface area contributed by atoms with E-state index in [2.05, 4.69) is 25.7 Å². The van der Waals surface area contributed by atoms with Crippen molar-refractivity contribution >= 4 is 0 Å². The molecule has 0 spiro atoms. The molecule has 0 radical (unpaired) electrons. The third-order valence-corrected chi connectivity index (χ3v) is 2.94. The molecular weight excluding hydrogens is 153 g/mol. The lowest BCUT2D eigenvalue weighted by atomic mass is 9.82. The Kier molecular flexibility index (Phi) is 2.77. The second-order valence-electron chi connectivity index (χ2n) is 4.52. The molecule has 1 saturated heterocycles. The molecule has 1 heterocycles. The van der Waals surface area contributed by atoms with Crippen molar-refractivity contribution in [2.45, 2.75) is 58.3 Å². The van der Waals surface area contributed by atoms with Crippen LogP contribution < -0.4 is 0 Å². The third-order valence-electron chi connectivity index (χ3n) is 2.94. The summed E-state index contributed by atoms with van der Waals surface area (Å²) in [6.07, 6.45) is 1.19. The number of alkyl halides is 1. The van der Waals surface area contributed by atoms with Crippen molar-refractivity contribution in [3.63, 3.8) is 0 Å². The highest BCUT2D eigenvalue weighted by Gasteiger charge is 2.42. The van der Waals surface area contributed by atoms with Crippen LogP contribution in [0.2, 0.25) is 0 Å². The number of rotatable bonds is 3. The zero-order valence-corrected chi connectivity index (χ0v) is 8.60. The van der Waals surface area contributed by atoms with Crippen LogP contribution >= 0.6 is 0 Å². The summed E-state index contributed by atoms with van der Waals surface area (Å²) < 4.78 is 13.1. The van der Waals surface area contributed by atoms with Gasteiger partial charge in [-0.2, -0.15) is 0 Å². The number of halogens is 1. The zero-order chi connectivity index (χ0) is 9.35. The van der Waals surface area contributed by atoms with E-state index >= 15 is 0 Å². The minimum Gasteiger partial charge on any atom is -0.293 e. The van der Waals surface area contributed by atoms with Gasteiger partial charge in [0.05, 0.1) is 0 Å². The maximum absolute atomic E-state index is 13.1. The Balaban J connectivity index is 2.40. The van der Waals surface area contributed by atoms with Gasteiger partial charge in [-0.3, -0.25) is 4.90 Å². The van der Waals surface area contributed by atoms with Crippen molar-refractivity contribution in [2.75, 3.05) is 6.54 Å². The molecule has 1 aliphatic rings. The molecule has 0 bridgehead atoms. The van der Waals surface area contributed by atoms with E-state index in [0.29, 0.717) is 19.0 Å². The van der Waals surface area contributed by atoms with Crippen molar-refractivity contribution in [1.82, 2.24) is 4.90 Å². The summed E-state index contributed by atoms with van der Waals surface area (Å²) in [5, 5.41) is 0. The Labute approximate surface area is 74.9 Å². The van der Waals surface area contributed by atoms with E-state index < -0.39 is 6.17 Å². The molecule has 2 heteroatoms. The fraction of sp³-hybridized carbons (Fsp3) is 1.00. The van der Waals surface area contributed by atoms with Crippen LogP contribution in [0.5, 0.6) is 0 Å². The molecule has 2 unspecified atom stereocenters. The molecule has 2 atom stereocenters. The summed E-state index contributed by atoms with van der Waals surface area (Å²) in [5.74, 6) is 0. The summed E-state index contributed by atoms with van der Waals surface area (Å²) in [5.41, 5.74) is 0.235. The molecule has 0 amide bonds. The van der Waals surface area contributed by atoms with Gasteiger partial charge in [0.25, 0.3) is 0 Å². The minimum absolute atomic E-state index is 0.235. The van der Waals surface area contributed by atoms with Gasteiger partial charge < -0.3 is 0 Å². The van der Waals surface area contributed by atoms with Gasteiger partial charge in [0.15, 0.2) is 0 Å². The molecular formula is C10H20FN. The monoisotopic (exact) mass is 173 g/mol. The molecule has 0 aliphatic carbocycles. The second-order valence-corrected chi connectivity index (χ2v) is 4.52. The van der Waals surface area contributed by atoms with Gasteiger partial charge in [-0.15, -0.1) is 0 Å². The summed E-state index contributed by atoms with van der Waals surface area (Å²) in [4.78, 5) is 2.27. The summed E-state index contributed by atoms with van der Waals surface area (Å²) in [6.45, 7) is 9.07. The highest BCUT2D eigenvalue weighted by Crippen LogP contribution is 2.35. The zero-order valence-electron chi connectivity index (χ0n) is 8.60. The van der Waals surface area contributed by atoms with Crippen LogP contribution in [-0.4, -0.2) is 29.2 Å². The van der Waals surface area contributed by atoms with E-state index in [1.54, 1.807) is 0 Å². The maximum Gasteiger partial charge on any atom is 0.113 e. The van der Waals surface area contributed by atoms with Gasteiger partial charge in [-0.1, -0.05) is 6.92 Å². The standard InChI is InChI=1S/C10H20FN/c1-5-9(11)7-12-8(2)6-10(12,3)4/h8-9H,5-7H2,1-4H3. The molecule has 1 aliphatic heterocycles. The molecule has 0 aromatic heterocycles. The summed E-state index contributed by atoms with van der Waals surface area (Å²) in [6, 6.07) is 0.574. The van der Waals surface area contributed by atoms with Gasteiger partial charge >= 0.3 is 0 Å². The van der Waals surface area contributed by atoms with E-state index in [9.17, 15) is 4.39 Å². The molecule has 1 fully saturated rings. The third kappa shape index (κ3) is 1.79. The SMILES string of the molecule is CCC(F)CN1C(C)CC1(C)C. The van der Waals surface area contributed by atoms with Crippen LogP contribution in [0.4, 0.5) is 4.39 Å². The molecule has 0 aromatic carbocycles. The molecule has 0 saturated carbocycles. The first-order valence-corrected chi connectivity index (χ1v) is 4.88. The topological polar surface area (TPSA) is 3.24 Å². The average Bonchev–Trinajstić information content (AvgIpc) is 1.99. The average molecular weight is 173 g/mol. The van der Waals surface area contributed by atoms with Crippen molar-refractivity contribution in [2.24, 2.45) is 0 Å². The van der Waals surface area contributed by atoms with Gasteiger partial charge in [-0.25, -0.2) is 4.39 Å². The van der Waals surface area contributed by atoms with Crippen LogP contribution in [0.15, 0.2) is 0 Å². The fourth-order valence-electron chi connectivity index (χ4n) is 2.20. The first-order valence-electron chi connectivity index (χ1n) is 4.88. The van der Waals surface area contributed by atoms with Gasteiger partial charge in [0.1, 0.15) is 6.17 Å². The molecule has 0 aromatic rings. The molecule has 0 N–H and O–H groups in total. The Morgan fingerprint density at radius 3 is 2.50 bits per heavy atom. The quantitative estimate of drug-likeness (QED) is 0.634.